The number of nitrogens with zero attached hydrogens (tertiary/aromatic N) is 3. The number of furan rings is 1. The molecule has 2 aromatic rings. The molecule has 0 saturated carbocycles. The zero-order valence-electron chi connectivity index (χ0n) is 13.5. The van der Waals surface area contributed by atoms with Gasteiger partial charge in [-0.2, -0.15) is 0 Å². The fraction of sp³-hybridized carbons (Fsp3) is 0.438. The van der Waals surface area contributed by atoms with E-state index in [0.29, 0.717) is 31.9 Å². The Morgan fingerprint density at radius 2 is 2.33 bits per heavy atom. The molecule has 0 radical (unpaired) electrons. The quantitative estimate of drug-likeness (QED) is 0.834. The molecule has 2 amide bonds. The molecule has 128 valence electrons. The van der Waals surface area contributed by atoms with Crippen molar-refractivity contribution in [3.05, 3.63) is 42.2 Å². The van der Waals surface area contributed by atoms with E-state index in [0.717, 1.165) is 5.56 Å². The molecule has 0 spiro atoms. The Labute approximate surface area is 139 Å². The Balaban J connectivity index is 1.63. The Bertz CT molecular complexity index is 668. The summed E-state index contributed by atoms with van der Waals surface area (Å²) in [4.78, 5) is 28.3. The van der Waals surface area contributed by atoms with Crippen LogP contribution >= 0.6 is 0 Å². The van der Waals surface area contributed by atoms with Crippen LogP contribution < -0.4 is 5.32 Å². The van der Waals surface area contributed by atoms with Crippen LogP contribution in [0.15, 0.2) is 39.9 Å². The van der Waals surface area contributed by atoms with E-state index in [1.54, 1.807) is 30.5 Å². The van der Waals surface area contributed by atoms with Crippen molar-refractivity contribution in [3.8, 4) is 0 Å². The van der Waals surface area contributed by atoms with Gasteiger partial charge in [0.05, 0.1) is 31.5 Å². The van der Waals surface area contributed by atoms with Gasteiger partial charge in [-0.15, -0.1) is 0 Å². The summed E-state index contributed by atoms with van der Waals surface area (Å²) in [5.41, 5.74) is 1.66. The summed E-state index contributed by atoms with van der Waals surface area (Å²) in [5, 5.41) is 6.63. The van der Waals surface area contributed by atoms with Gasteiger partial charge in [0.25, 0.3) is 0 Å². The van der Waals surface area contributed by atoms with Crippen LogP contribution in [-0.4, -0.2) is 52.9 Å². The van der Waals surface area contributed by atoms with Crippen LogP contribution in [0.2, 0.25) is 0 Å². The van der Waals surface area contributed by atoms with E-state index in [1.165, 1.54) is 6.26 Å². The van der Waals surface area contributed by atoms with E-state index in [4.69, 9.17) is 8.94 Å². The summed E-state index contributed by atoms with van der Waals surface area (Å²) in [6.45, 7) is 2.21. The van der Waals surface area contributed by atoms with Gasteiger partial charge in [-0.3, -0.25) is 14.5 Å². The maximum Gasteiger partial charge on any atom is 0.237 e. The lowest BCUT2D eigenvalue weighted by atomic mass is 10.1. The number of carbonyl (C=O) groups is 2. The summed E-state index contributed by atoms with van der Waals surface area (Å²) in [5.74, 6) is -0.231. The number of hydrogen-bond acceptors (Lipinski definition) is 6. The molecule has 1 atom stereocenters. The first-order valence-corrected chi connectivity index (χ1v) is 7.79. The zero-order chi connectivity index (χ0) is 16.9. The third-order valence-electron chi connectivity index (χ3n) is 4.09. The van der Waals surface area contributed by atoms with Gasteiger partial charge in [-0.25, -0.2) is 0 Å². The topological polar surface area (TPSA) is 91.8 Å². The normalized spacial score (nSPS) is 18.4. The number of piperazine rings is 1. The molecular weight excluding hydrogens is 312 g/mol. The molecule has 8 heteroatoms. The predicted octanol–water partition coefficient (Wildman–Crippen LogP) is 0.617. The number of carbonyl (C=O) groups excluding carboxylic acids is 2. The highest BCUT2D eigenvalue weighted by molar-refractivity contribution is 5.88. The maximum absolute atomic E-state index is 12.5. The van der Waals surface area contributed by atoms with Crippen molar-refractivity contribution >= 4 is 11.8 Å². The van der Waals surface area contributed by atoms with Crippen LogP contribution in [0, 0.1) is 0 Å². The summed E-state index contributed by atoms with van der Waals surface area (Å²) < 4.78 is 9.85. The minimum atomic E-state index is -0.485. The molecule has 0 bridgehead atoms. The molecule has 0 aromatic carbocycles. The van der Waals surface area contributed by atoms with Gasteiger partial charge in [0.15, 0.2) is 0 Å². The van der Waals surface area contributed by atoms with Crippen molar-refractivity contribution in [2.24, 2.45) is 0 Å². The van der Waals surface area contributed by atoms with Gasteiger partial charge in [0.1, 0.15) is 12.0 Å². The first kappa shape index (κ1) is 16.3. The number of hydrogen-bond donors (Lipinski definition) is 1. The fourth-order valence-corrected chi connectivity index (χ4v) is 2.76. The van der Waals surface area contributed by atoms with E-state index in [9.17, 15) is 9.59 Å². The predicted molar refractivity (Wildman–Crippen MR) is 83.5 cm³/mol. The second-order valence-corrected chi connectivity index (χ2v) is 5.85. The average molecular weight is 332 g/mol. The van der Waals surface area contributed by atoms with E-state index in [2.05, 4.69) is 10.5 Å². The zero-order valence-corrected chi connectivity index (χ0v) is 13.5. The minimum absolute atomic E-state index is 0.114. The highest BCUT2D eigenvalue weighted by atomic mass is 16.5. The van der Waals surface area contributed by atoms with Gasteiger partial charge in [-0.1, -0.05) is 5.16 Å². The van der Waals surface area contributed by atoms with E-state index in [-0.39, 0.29) is 18.2 Å². The van der Waals surface area contributed by atoms with E-state index < -0.39 is 6.04 Å². The maximum atomic E-state index is 12.5. The third-order valence-corrected chi connectivity index (χ3v) is 4.09. The molecule has 3 rings (SSSR count). The van der Waals surface area contributed by atoms with Gasteiger partial charge >= 0.3 is 0 Å². The second kappa shape index (κ2) is 7.31. The molecule has 1 fully saturated rings. The molecule has 0 unspecified atom stereocenters. The number of amides is 2. The van der Waals surface area contributed by atoms with E-state index >= 15 is 0 Å². The molecule has 8 nitrogen and oxygen atoms in total. The van der Waals surface area contributed by atoms with Crippen molar-refractivity contribution in [1.82, 2.24) is 20.3 Å². The van der Waals surface area contributed by atoms with Crippen molar-refractivity contribution < 1.29 is 18.5 Å². The van der Waals surface area contributed by atoms with Gasteiger partial charge in [0, 0.05) is 38.3 Å². The standard InChI is InChI=1S/C16H20N4O4/c1-19(10-13-3-7-24-18-13)15(21)8-14-16(22)17-4-5-20(14)9-12-2-6-23-11-12/h2-3,6-7,11,14H,4-5,8-10H2,1H3,(H,17,22)/t14-/m1/s1. The van der Waals surface area contributed by atoms with Gasteiger partial charge < -0.3 is 19.2 Å². The molecule has 0 aliphatic carbocycles. The SMILES string of the molecule is CN(Cc1ccon1)C(=O)C[C@@H]1C(=O)NCCN1Cc1ccoc1. The van der Waals surface area contributed by atoms with Crippen molar-refractivity contribution in [2.75, 3.05) is 20.1 Å². The Morgan fingerprint density at radius 3 is 3.04 bits per heavy atom. The molecule has 1 aliphatic rings. The first-order valence-electron chi connectivity index (χ1n) is 7.79. The smallest absolute Gasteiger partial charge is 0.237 e. The lowest BCUT2D eigenvalue weighted by molar-refractivity contribution is -0.138. The van der Waals surface area contributed by atoms with Gasteiger partial charge in [-0.05, 0) is 6.07 Å². The number of nitrogens with one attached hydrogen (secondary N) is 1. The van der Waals surface area contributed by atoms with Crippen LogP contribution in [0.5, 0.6) is 0 Å². The largest absolute Gasteiger partial charge is 0.472 e. The summed E-state index contributed by atoms with van der Waals surface area (Å²) in [6, 6.07) is 3.09. The Morgan fingerprint density at radius 1 is 1.46 bits per heavy atom. The van der Waals surface area contributed by atoms with Crippen LogP contribution in [0.25, 0.3) is 0 Å². The Kier molecular flexibility index (Phi) is 4.95. The fourth-order valence-electron chi connectivity index (χ4n) is 2.76. The number of aromatic nitrogens is 1. The molecule has 2 aromatic heterocycles. The minimum Gasteiger partial charge on any atom is -0.472 e. The molecule has 24 heavy (non-hydrogen) atoms. The van der Waals surface area contributed by atoms with Crippen LogP contribution in [0.3, 0.4) is 0 Å². The van der Waals surface area contributed by atoms with E-state index in [1.807, 2.05) is 11.0 Å². The monoisotopic (exact) mass is 332 g/mol. The molecular formula is C16H20N4O4. The highest BCUT2D eigenvalue weighted by Gasteiger charge is 2.32. The average Bonchev–Trinajstić information content (AvgIpc) is 3.24. The molecule has 3 heterocycles. The second-order valence-electron chi connectivity index (χ2n) is 5.85. The lowest BCUT2D eigenvalue weighted by Crippen LogP contribution is -2.56. The van der Waals surface area contributed by atoms with Crippen LogP contribution in [-0.2, 0) is 22.7 Å². The highest BCUT2D eigenvalue weighted by Crippen LogP contribution is 2.15. The third kappa shape index (κ3) is 3.83. The summed E-state index contributed by atoms with van der Waals surface area (Å²) in [7, 11) is 1.69. The summed E-state index contributed by atoms with van der Waals surface area (Å²) in [6.07, 6.45) is 4.85. The molecule has 1 aliphatic heterocycles. The molecule has 1 N–H and O–H groups in total. The lowest BCUT2D eigenvalue weighted by Gasteiger charge is -2.35. The van der Waals surface area contributed by atoms with Gasteiger partial charge in [0.2, 0.25) is 11.8 Å². The molecule has 1 saturated heterocycles. The van der Waals surface area contributed by atoms with Crippen molar-refractivity contribution in [2.45, 2.75) is 25.6 Å². The van der Waals surface area contributed by atoms with Crippen LogP contribution in [0.1, 0.15) is 17.7 Å². The van der Waals surface area contributed by atoms with Crippen molar-refractivity contribution in [3.63, 3.8) is 0 Å². The number of rotatable bonds is 6. The first-order chi connectivity index (χ1) is 11.6. The summed E-state index contributed by atoms with van der Waals surface area (Å²) >= 11 is 0. The van der Waals surface area contributed by atoms with Crippen molar-refractivity contribution in [1.29, 1.82) is 0 Å². The Hall–Kier alpha value is -2.61. The van der Waals surface area contributed by atoms with Crippen LogP contribution in [0.4, 0.5) is 0 Å².